The molecule has 2 aromatic rings. The normalized spacial score (nSPS) is 20.9. The second-order valence-corrected chi connectivity index (χ2v) is 5.73. The van der Waals surface area contributed by atoms with Crippen molar-refractivity contribution in [3.05, 3.63) is 54.6 Å². The van der Waals surface area contributed by atoms with Gasteiger partial charge in [0, 0.05) is 38.1 Å². The summed E-state index contributed by atoms with van der Waals surface area (Å²) >= 11 is 0. The Morgan fingerprint density at radius 3 is 2.91 bits per heavy atom. The molecule has 1 saturated heterocycles. The fourth-order valence-electron chi connectivity index (χ4n) is 2.93. The van der Waals surface area contributed by atoms with Crippen molar-refractivity contribution in [3.8, 4) is 0 Å². The first kappa shape index (κ1) is 15.2. The van der Waals surface area contributed by atoms with Crippen LogP contribution in [-0.4, -0.2) is 51.9 Å². The lowest BCUT2D eigenvalue weighted by Gasteiger charge is -2.36. The minimum atomic E-state index is -0.441. The van der Waals surface area contributed by atoms with Gasteiger partial charge in [-0.15, -0.1) is 0 Å². The zero-order valence-electron chi connectivity index (χ0n) is 12.7. The number of aliphatic hydroxyl groups is 1. The van der Waals surface area contributed by atoms with Crippen molar-refractivity contribution in [2.45, 2.75) is 25.1 Å². The van der Waals surface area contributed by atoms with Gasteiger partial charge in [0.05, 0.1) is 25.6 Å². The van der Waals surface area contributed by atoms with Crippen LogP contribution in [0.25, 0.3) is 0 Å². The van der Waals surface area contributed by atoms with Crippen molar-refractivity contribution in [2.75, 3.05) is 26.3 Å². The molecule has 1 aromatic heterocycles. The van der Waals surface area contributed by atoms with Crippen LogP contribution in [0.4, 0.5) is 0 Å². The van der Waals surface area contributed by atoms with E-state index in [1.54, 1.807) is 6.20 Å². The first-order valence-corrected chi connectivity index (χ1v) is 7.83. The van der Waals surface area contributed by atoms with Crippen LogP contribution >= 0.6 is 0 Å². The largest absolute Gasteiger partial charge is 0.388 e. The van der Waals surface area contributed by atoms with Crippen molar-refractivity contribution in [1.82, 2.24) is 14.5 Å². The van der Waals surface area contributed by atoms with E-state index in [4.69, 9.17) is 4.74 Å². The van der Waals surface area contributed by atoms with Crippen LogP contribution in [0.2, 0.25) is 0 Å². The van der Waals surface area contributed by atoms with E-state index in [0.29, 0.717) is 13.0 Å². The zero-order chi connectivity index (χ0) is 15.2. The predicted molar refractivity (Wildman–Crippen MR) is 84.4 cm³/mol. The molecule has 0 aliphatic carbocycles. The summed E-state index contributed by atoms with van der Waals surface area (Å²) in [6, 6.07) is 10.1. The summed E-state index contributed by atoms with van der Waals surface area (Å²) in [5.74, 6) is 0. The molecule has 5 heteroatoms. The Kier molecular flexibility index (Phi) is 5.21. The van der Waals surface area contributed by atoms with Crippen LogP contribution in [-0.2, 0) is 11.3 Å². The molecule has 1 fully saturated rings. The number of aliphatic hydroxyl groups excluding tert-OH is 1. The van der Waals surface area contributed by atoms with Gasteiger partial charge in [-0.25, -0.2) is 4.98 Å². The summed E-state index contributed by atoms with van der Waals surface area (Å²) in [5, 5.41) is 10.4. The number of ether oxygens (including phenoxy) is 1. The maximum Gasteiger partial charge on any atom is 0.0946 e. The summed E-state index contributed by atoms with van der Waals surface area (Å²) in [5.41, 5.74) is 0.975. The molecule has 2 unspecified atom stereocenters. The molecule has 0 amide bonds. The predicted octanol–water partition coefficient (Wildman–Crippen LogP) is 1.71. The Bertz CT molecular complexity index is 544. The van der Waals surface area contributed by atoms with E-state index in [-0.39, 0.29) is 6.04 Å². The van der Waals surface area contributed by atoms with Crippen molar-refractivity contribution in [2.24, 2.45) is 0 Å². The molecule has 0 radical (unpaired) electrons. The molecule has 0 bridgehead atoms. The molecule has 118 valence electrons. The molecular weight excluding hydrogens is 278 g/mol. The van der Waals surface area contributed by atoms with Gasteiger partial charge in [0.2, 0.25) is 0 Å². The Balaban J connectivity index is 1.57. The van der Waals surface area contributed by atoms with Gasteiger partial charge >= 0.3 is 0 Å². The number of benzene rings is 1. The van der Waals surface area contributed by atoms with Crippen LogP contribution in [0.1, 0.15) is 18.1 Å². The monoisotopic (exact) mass is 301 g/mol. The van der Waals surface area contributed by atoms with E-state index in [1.807, 2.05) is 42.9 Å². The summed E-state index contributed by atoms with van der Waals surface area (Å²) in [7, 11) is 0. The van der Waals surface area contributed by atoms with Crippen LogP contribution in [0.15, 0.2) is 49.1 Å². The Hall–Kier alpha value is -1.69. The fourth-order valence-corrected chi connectivity index (χ4v) is 2.93. The van der Waals surface area contributed by atoms with Gasteiger partial charge in [-0.2, -0.15) is 0 Å². The van der Waals surface area contributed by atoms with E-state index in [9.17, 15) is 5.11 Å². The quantitative estimate of drug-likeness (QED) is 0.882. The lowest BCUT2D eigenvalue weighted by molar-refractivity contribution is -0.0273. The molecule has 0 saturated carbocycles. The standard InChI is InChI=1S/C17H23N3O2/c21-17(15-4-2-1-3-5-15)12-16-13-22-11-10-20(16)9-8-19-7-6-18-14-19/h1-7,14,16-17,21H,8-13H2. The van der Waals surface area contributed by atoms with Crippen molar-refractivity contribution in [3.63, 3.8) is 0 Å². The highest BCUT2D eigenvalue weighted by Gasteiger charge is 2.25. The summed E-state index contributed by atoms with van der Waals surface area (Å²) in [4.78, 5) is 6.49. The second-order valence-electron chi connectivity index (χ2n) is 5.73. The molecular formula is C17H23N3O2. The van der Waals surface area contributed by atoms with E-state index in [1.165, 1.54) is 0 Å². The molecule has 22 heavy (non-hydrogen) atoms. The number of aromatic nitrogens is 2. The third-order valence-corrected chi connectivity index (χ3v) is 4.23. The van der Waals surface area contributed by atoms with Gasteiger partial charge in [-0.3, -0.25) is 4.90 Å². The molecule has 2 atom stereocenters. The van der Waals surface area contributed by atoms with E-state index in [0.717, 1.165) is 31.8 Å². The Morgan fingerprint density at radius 1 is 1.27 bits per heavy atom. The zero-order valence-corrected chi connectivity index (χ0v) is 12.7. The number of imidazole rings is 1. The maximum absolute atomic E-state index is 10.4. The van der Waals surface area contributed by atoms with Gasteiger partial charge in [0.1, 0.15) is 0 Å². The topological polar surface area (TPSA) is 50.5 Å². The summed E-state index contributed by atoms with van der Waals surface area (Å²) in [6.45, 7) is 4.24. The van der Waals surface area contributed by atoms with Crippen LogP contribution in [0, 0.1) is 0 Å². The first-order valence-electron chi connectivity index (χ1n) is 7.83. The van der Waals surface area contributed by atoms with Gasteiger partial charge < -0.3 is 14.4 Å². The van der Waals surface area contributed by atoms with Gasteiger partial charge in [0.25, 0.3) is 0 Å². The van der Waals surface area contributed by atoms with Crippen molar-refractivity contribution in [1.29, 1.82) is 0 Å². The fraction of sp³-hybridized carbons (Fsp3) is 0.471. The number of morpholine rings is 1. The van der Waals surface area contributed by atoms with E-state index >= 15 is 0 Å². The molecule has 3 rings (SSSR count). The summed E-state index contributed by atoms with van der Waals surface area (Å²) < 4.78 is 7.70. The van der Waals surface area contributed by atoms with Gasteiger partial charge in [-0.05, 0) is 12.0 Å². The van der Waals surface area contributed by atoms with E-state index < -0.39 is 6.10 Å². The second kappa shape index (κ2) is 7.54. The van der Waals surface area contributed by atoms with Crippen molar-refractivity contribution >= 4 is 0 Å². The van der Waals surface area contributed by atoms with Crippen LogP contribution in [0.5, 0.6) is 0 Å². The van der Waals surface area contributed by atoms with Gasteiger partial charge in [0.15, 0.2) is 0 Å². The third-order valence-electron chi connectivity index (χ3n) is 4.23. The highest BCUT2D eigenvalue weighted by molar-refractivity contribution is 5.17. The Morgan fingerprint density at radius 2 is 2.14 bits per heavy atom. The average Bonchev–Trinajstić information content (AvgIpc) is 3.08. The third kappa shape index (κ3) is 3.94. The molecule has 5 nitrogen and oxygen atoms in total. The number of rotatable bonds is 6. The summed E-state index contributed by atoms with van der Waals surface area (Å²) in [6.07, 6.45) is 5.88. The average molecular weight is 301 g/mol. The van der Waals surface area contributed by atoms with Gasteiger partial charge in [-0.1, -0.05) is 30.3 Å². The molecule has 1 N–H and O–H groups in total. The molecule has 1 aliphatic heterocycles. The minimum Gasteiger partial charge on any atom is -0.388 e. The minimum absolute atomic E-state index is 0.257. The maximum atomic E-state index is 10.4. The molecule has 0 spiro atoms. The highest BCUT2D eigenvalue weighted by Crippen LogP contribution is 2.22. The highest BCUT2D eigenvalue weighted by atomic mass is 16.5. The van der Waals surface area contributed by atoms with Crippen LogP contribution in [0.3, 0.4) is 0 Å². The number of nitrogens with zero attached hydrogens (tertiary/aromatic N) is 3. The molecule has 2 heterocycles. The number of hydrogen-bond donors (Lipinski definition) is 1. The lowest BCUT2D eigenvalue weighted by Crippen LogP contribution is -2.47. The smallest absolute Gasteiger partial charge is 0.0946 e. The Labute approximate surface area is 131 Å². The number of hydrogen-bond acceptors (Lipinski definition) is 4. The van der Waals surface area contributed by atoms with E-state index in [2.05, 4.69) is 14.5 Å². The molecule has 1 aromatic carbocycles. The lowest BCUT2D eigenvalue weighted by atomic mass is 10.0. The first-order chi connectivity index (χ1) is 10.8. The SMILES string of the molecule is OC(CC1COCCN1CCn1ccnc1)c1ccccc1. The van der Waals surface area contributed by atoms with Crippen LogP contribution < -0.4 is 0 Å². The molecule has 1 aliphatic rings. The van der Waals surface area contributed by atoms with Crippen molar-refractivity contribution < 1.29 is 9.84 Å².